The lowest BCUT2D eigenvalue weighted by atomic mass is 10.2. The summed E-state index contributed by atoms with van der Waals surface area (Å²) in [5.41, 5.74) is -0.0668. The second kappa shape index (κ2) is 5.81. The third-order valence-corrected chi connectivity index (χ3v) is 3.12. The van der Waals surface area contributed by atoms with Crippen LogP contribution in [0, 0.1) is 5.82 Å². The minimum absolute atomic E-state index is 0.0562. The molecule has 2 rings (SSSR count). The Hall–Kier alpha value is -2.24. The summed E-state index contributed by atoms with van der Waals surface area (Å²) in [6.07, 6.45) is 2.08. The van der Waals surface area contributed by atoms with Gasteiger partial charge in [0.25, 0.3) is 5.56 Å². The number of nitrogens with zero attached hydrogens (tertiary/aromatic N) is 2. The van der Waals surface area contributed by atoms with Crippen molar-refractivity contribution < 1.29 is 9.18 Å². The largest absolute Gasteiger partial charge is 0.352 e. The molecular weight excluding hydrogens is 261 g/mol. The molecule has 0 aliphatic carbocycles. The average molecular weight is 277 g/mol. The molecule has 0 fully saturated rings. The van der Waals surface area contributed by atoms with Gasteiger partial charge in [-0.3, -0.25) is 14.2 Å². The van der Waals surface area contributed by atoms with E-state index >= 15 is 0 Å². The number of benzene rings is 1. The summed E-state index contributed by atoms with van der Waals surface area (Å²) in [5.74, 6) is -0.693. The van der Waals surface area contributed by atoms with Crippen molar-refractivity contribution in [1.29, 1.82) is 0 Å². The number of carbonyl (C=O) groups is 1. The topological polar surface area (TPSA) is 64.0 Å². The summed E-state index contributed by atoms with van der Waals surface area (Å²) >= 11 is 0. The van der Waals surface area contributed by atoms with Gasteiger partial charge in [-0.1, -0.05) is 6.92 Å². The Balaban J connectivity index is 2.28. The van der Waals surface area contributed by atoms with E-state index in [1.807, 2.05) is 13.8 Å². The summed E-state index contributed by atoms with van der Waals surface area (Å²) < 4.78 is 14.3. The predicted octanol–water partition coefficient (Wildman–Crippen LogP) is 1.45. The minimum Gasteiger partial charge on any atom is -0.352 e. The number of fused-ring (bicyclic) bond motifs is 1. The Morgan fingerprint density at radius 2 is 2.25 bits per heavy atom. The van der Waals surface area contributed by atoms with Crippen molar-refractivity contribution in [3.8, 4) is 0 Å². The second-order valence-corrected chi connectivity index (χ2v) is 4.72. The number of nitrogens with one attached hydrogen (secondary N) is 1. The molecule has 2 aromatic rings. The zero-order chi connectivity index (χ0) is 14.7. The van der Waals surface area contributed by atoms with Gasteiger partial charge in [0, 0.05) is 12.1 Å². The second-order valence-electron chi connectivity index (χ2n) is 4.72. The molecular formula is C14H16FN3O2. The van der Waals surface area contributed by atoms with E-state index in [9.17, 15) is 14.0 Å². The Morgan fingerprint density at radius 3 is 2.95 bits per heavy atom. The van der Waals surface area contributed by atoms with E-state index in [-0.39, 0.29) is 29.6 Å². The van der Waals surface area contributed by atoms with Crippen LogP contribution in [0.2, 0.25) is 0 Å². The maximum Gasteiger partial charge on any atom is 0.261 e. The highest BCUT2D eigenvalue weighted by Gasteiger charge is 2.10. The van der Waals surface area contributed by atoms with Gasteiger partial charge >= 0.3 is 0 Å². The Labute approximate surface area is 115 Å². The molecule has 1 heterocycles. The van der Waals surface area contributed by atoms with Gasteiger partial charge in [-0.2, -0.15) is 0 Å². The van der Waals surface area contributed by atoms with E-state index in [2.05, 4.69) is 10.3 Å². The van der Waals surface area contributed by atoms with Gasteiger partial charge in [-0.15, -0.1) is 0 Å². The lowest BCUT2D eigenvalue weighted by Crippen LogP contribution is -2.37. The fourth-order valence-electron chi connectivity index (χ4n) is 1.82. The van der Waals surface area contributed by atoms with Gasteiger partial charge in [-0.25, -0.2) is 9.37 Å². The normalized spacial score (nSPS) is 12.3. The van der Waals surface area contributed by atoms with Crippen LogP contribution in [-0.2, 0) is 11.3 Å². The van der Waals surface area contributed by atoms with Crippen LogP contribution >= 0.6 is 0 Å². The van der Waals surface area contributed by atoms with E-state index in [4.69, 9.17) is 0 Å². The quantitative estimate of drug-likeness (QED) is 0.920. The fourth-order valence-corrected chi connectivity index (χ4v) is 1.82. The molecule has 0 aliphatic rings. The van der Waals surface area contributed by atoms with Gasteiger partial charge in [0.05, 0.1) is 17.2 Å². The first-order valence-electron chi connectivity index (χ1n) is 6.45. The van der Waals surface area contributed by atoms with Crippen molar-refractivity contribution in [3.63, 3.8) is 0 Å². The number of halogens is 1. The van der Waals surface area contributed by atoms with Crippen molar-refractivity contribution in [1.82, 2.24) is 14.9 Å². The molecule has 106 valence electrons. The molecule has 0 saturated carbocycles. The highest BCUT2D eigenvalue weighted by Crippen LogP contribution is 2.08. The van der Waals surface area contributed by atoms with Crippen molar-refractivity contribution in [2.45, 2.75) is 32.9 Å². The molecule has 5 nitrogen and oxygen atoms in total. The summed E-state index contributed by atoms with van der Waals surface area (Å²) in [6, 6.07) is 3.83. The third kappa shape index (κ3) is 3.01. The highest BCUT2D eigenvalue weighted by atomic mass is 19.1. The Bertz CT molecular complexity index is 696. The minimum atomic E-state index is -0.448. The lowest BCUT2D eigenvalue weighted by molar-refractivity contribution is -0.122. The molecule has 20 heavy (non-hydrogen) atoms. The molecule has 1 N–H and O–H groups in total. The highest BCUT2D eigenvalue weighted by molar-refractivity contribution is 5.79. The van der Waals surface area contributed by atoms with Crippen molar-refractivity contribution in [2.75, 3.05) is 0 Å². The molecule has 0 bridgehead atoms. The van der Waals surface area contributed by atoms with Crippen molar-refractivity contribution >= 4 is 16.8 Å². The molecule has 1 atom stereocenters. The van der Waals surface area contributed by atoms with Crippen molar-refractivity contribution in [2.24, 2.45) is 0 Å². The number of amides is 1. The first kappa shape index (κ1) is 14.2. The molecule has 1 aromatic carbocycles. The number of hydrogen-bond acceptors (Lipinski definition) is 3. The molecule has 1 aromatic heterocycles. The zero-order valence-corrected chi connectivity index (χ0v) is 11.4. The zero-order valence-electron chi connectivity index (χ0n) is 11.4. The van der Waals surface area contributed by atoms with Crippen LogP contribution in [0.15, 0.2) is 29.3 Å². The van der Waals surface area contributed by atoms with Gasteiger partial charge < -0.3 is 5.32 Å². The summed E-state index contributed by atoms with van der Waals surface area (Å²) in [6.45, 7) is 3.76. The predicted molar refractivity (Wildman–Crippen MR) is 73.9 cm³/mol. The number of hydrogen-bond donors (Lipinski definition) is 1. The first-order chi connectivity index (χ1) is 9.51. The van der Waals surface area contributed by atoms with Crippen LogP contribution < -0.4 is 10.9 Å². The SMILES string of the molecule is CC[C@@H](C)NC(=O)Cn1cnc2cc(F)ccc2c1=O. The van der Waals surface area contributed by atoms with E-state index < -0.39 is 5.82 Å². The summed E-state index contributed by atoms with van der Waals surface area (Å²) in [5, 5.41) is 3.07. The molecule has 0 unspecified atom stereocenters. The van der Waals surface area contributed by atoms with Gasteiger partial charge in [0.2, 0.25) is 5.91 Å². The monoisotopic (exact) mass is 277 g/mol. The smallest absolute Gasteiger partial charge is 0.261 e. The molecule has 1 amide bonds. The van der Waals surface area contributed by atoms with Crippen LogP contribution in [0.5, 0.6) is 0 Å². The van der Waals surface area contributed by atoms with E-state index in [0.29, 0.717) is 5.39 Å². The molecule has 6 heteroatoms. The van der Waals surface area contributed by atoms with Gasteiger partial charge in [-0.05, 0) is 25.5 Å². The molecule has 0 saturated heterocycles. The number of rotatable bonds is 4. The molecule has 0 spiro atoms. The Kier molecular flexibility index (Phi) is 4.12. The van der Waals surface area contributed by atoms with E-state index in [1.54, 1.807) is 0 Å². The van der Waals surface area contributed by atoms with E-state index in [0.717, 1.165) is 6.42 Å². The summed E-state index contributed by atoms with van der Waals surface area (Å²) in [4.78, 5) is 27.9. The van der Waals surface area contributed by atoms with Crippen LogP contribution in [-0.4, -0.2) is 21.5 Å². The standard InChI is InChI=1S/C14H16FN3O2/c1-3-9(2)17-13(19)7-18-8-16-12-6-10(15)4-5-11(12)14(18)20/h4-6,8-9H,3,7H2,1-2H3,(H,17,19)/t9-/m1/s1. The maximum absolute atomic E-state index is 13.0. The number of carbonyl (C=O) groups excluding carboxylic acids is 1. The maximum atomic E-state index is 13.0. The molecule has 0 aliphatic heterocycles. The van der Waals surface area contributed by atoms with Crippen LogP contribution in [0.4, 0.5) is 4.39 Å². The van der Waals surface area contributed by atoms with Crippen molar-refractivity contribution in [3.05, 3.63) is 40.7 Å². The van der Waals surface area contributed by atoms with E-state index in [1.165, 1.54) is 29.1 Å². The van der Waals surface area contributed by atoms with Crippen LogP contribution in [0.25, 0.3) is 10.9 Å². The first-order valence-corrected chi connectivity index (χ1v) is 6.45. The van der Waals surface area contributed by atoms with Gasteiger partial charge in [0.15, 0.2) is 0 Å². The summed E-state index contributed by atoms with van der Waals surface area (Å²) in [7, 11) is 0. The average Bonchev–Trinajstić information content (AvgIpc) is 2.41. The lowest BCUT2D eigenvalue weighted by Gasteiger charge is -2.12. The fraction of sp³-hybridized carbons (Fsp3) is 0.357. The number of aromatic nitrogens is 2. The Morgan fingerprint density at radius 1 is 1.50 bits per heavy atom. The molecule has 0 radical (unpaired) electrons. The van der Waals surface area contributed by atoms with Crippen LogP contribution in [0.3, 0.4) is 0 Å². The third-order valence-electron chi connectivity index (χ3n) is 3.12. The van der Waals surface area contributed by atoms with Gasteiger partial charge in [0.1, 0.15) is 12.4 Å². The van der Waals surface area contributed by atoms with Crippen LogP contribution in [0.1, 0.15) is 20.3 Å².